The number of hydrogen-bond acceptors (Lipinski definition) is 4. The molecule has 0 unspecified atom stereocenters. The standard InChI is InChI=1S/C15H21NO4/c1-7-12(17)16(15(4,5)6)13(18)10-9-11(3)14(19)20-8-2/h7,9-10H,1,3,8H2,2,4-6H3. The van der Waals surface area contributed by atoms with Crippen LogP contribution in [0.3, 0.4) is 0 Å². The third kappa shape index (κ3) is 5.22. The van der Waals surface area contributed by atoms with E-state index in [2.05, 4.69) is 13.2 Å². The molecular weight excluding hydrogens is 258 g/mol. The minimum Gasteiger partial charge on any atom is -0.462 e. The summed E-state index contributed by atoms with van der Waals surface area (Å²) in [6.07, 6.45) is 3.42. The maximum absolute atomic E-state index is 12.1. The molecular formula is C15H21NO4. The Morgan fingerprint density at radius 3 is 2.10 bits per heavy atom. The van der Waals surface area contributed by atoms with Crippen molar-refractivity contribution < 1.29 is 19.1 Å². The number of esters is 1. The van der Waals surface area contributed by atoms with E-state index in [0.717, 1.165) is 17.1 Å². The number of ether oxygens (including phenoxy) is 1. The quantitative estimate of drug-likeness (QED) is 0.438. The number of amides is 2. The highest BCUT2D eigenvalue weighted by Gasteiger charge is 2.29. The van der Waals surface area contributed by atoms with Gasteiger partial charge < -0.3 is 4.74 Å². The molecule has 0 N–H and O–H groups in total. The molecule has 0 saturated carbocycles. The molecule has 0 radical (unpaired) electrons. The summed E-state index contributed by atoms with van der Waals surface area (Å²) >= 11 is 0. The van der Waals surface area contributed by atoms with Gasteiger partial charge in [0.25, 0.3) is 11.8 Å². The molecule has 0 atom stereocenters. The molecule has 2 amide bonds. The zero-order valence-corrected chi connectivity index (χ0v) is 12.4. The van der Waals surface area contributed by atoms with Crippen LogP contribution in [0.15, 0.2) is 37.0 Å². The van der Waals surface area contributed by atoms with Crippen LogP contribution in [-0.4, -0.2) is 34.8 Å². The van der Waals surface area contributed by atoms with Gasteiger partial charge in [0.1, 0.15) is 0 Å². The second kappa shape index (κ2) is 7.43. The van der Waals surface area contributed by atoms with Gasteiger partial charge in [-0.25, -0.2) is 4.79 Å². The molecule has 0 fully saturated rings. The van der Waals surface area contributed by atoms with Crippen molar-refractivity contribution in [3.63, 3.8) is 0 Å². The smallest absolute Gasteiger partial charge is 0.337 e. The van der Waals surface area contributed by atoms with Gasteiger partial charge in [-0.05, 0) is 39.8 Å². The summed E-state index contributed by atoms with van der Waals surface area (Å²) in [7, 11) is 0. The first-order valence-electron chi connectivity index (χ1n) is 6.19. The van der Waals surface area contributed by atoms with Gasteiger partial charge >= 0.3 is 5.97 Å². The zero-order valence-electron chi connectivity index (χ0n) is 12.4. The van der Waals surface area contributed by atoms with Crippen LogP contribution in [0, 0.1) is 0 Å². The molecule has 0 aliphatic rings. The summed E-state index contributed by atoms with van der Waals surface area (Å²) in [6, 6.07) is 0. The molecule has 0 aromatic carbocycles. The Balaban J connectivity index is 5.04. The van der Waals surface area contributed by atoms with Gasteiger partial charge in [0.15, 0.2) is 0 Å². The van der Waals surface area contributed by atoms with Crippen molar-refractivity contribution in [1.82, 2.24) is 4.90 Å². The minimum atomic E-state index is -0.696. The molecule has 0 aliphatic carbocycles. The molecule has 0 spiro atoms. The van der Waals surface area contributed by atoms with Gasteiger partial charge in [0.2, 0.25) is 0 Å². The maximum Gasteiger partial charge on any atom is 0.337 e. The fourth-order valence-electron chi connectivity index (χ4n) is 1.40. The lowest BCUT2D eigenvalue weighted by Gasteiger charge is -2.32. The van der Waals surface area contributed by atoms with Crippen molar-refractivity contribution in [3.8, 4) is 0 Å². The zero-order chi connectivity index (χ0) is 15.9. The monoisotopic (exact) mass is 279 g/mol. The van der Waals surface area contributed by atoms with Crippen LogP contribution >= 0.6 is 0 Å². The largest absolute Gasteiger partial charge is 0.462 e. The second-order valence-electron chi connectivity index (χ2n) is 4.97. The van der Waals surface area contributed by atoms with E-state index >= 15 is 0 Å². The van der Waals surface area contributed by atoms with E-state index in [1.807, 2.05) is 0 Å². The SMILES string of the molecule is C=CC(=O)N(C(=O)C=CC(=C)C(=O)OCC)C(C)(C)C. The lowest BCUT2D eigenvalue weighted by atomic mass is 10.1. The Labute approximate surface area is 119 Å². The van der Waals surface area contributed by atoms with Crippen molar-refractivity contribution in [2.75, 3.05) is 6.61 Å². The number of imide groups is 1. The van der Waals surface area contributed by atoms with E-state index in [0.29, 0.717) is 0 Å². The van der Waals surface area contributed by atoms with E-state index < -0.39 is 23.3 Å². The van der Waals surface area contributed by atoms with Crippen LogP contribution in [0.2, 0.25) is 0 Å². The average Bonchev–Trinajstić information content (AvgIpc) is 2.34. The summed E-state index contributed by atoms with van der Waals surface area (Å²) < 4.78 is 4.73. The van der Waals surface area contributed by atoms with E-state index in [4.69, 9.17) is 4.74 Å². The predicted molar refractivity (Wildman–Crippen MR) is 76.7 cm³/mol. The molecule has 0 aromatic heterocycles. The van der Waals surface area contributed by atoms with Crippen LogP contribution in [0.25, 0.3) is 0 Å². The summed E-state index contributed by atoms with van der Waals surface area (Å²) in [6.45, 7) is 13.9. The Bertz CT molecular complexity index is 455. The van der Waals surface area contributed by atoms with Crippen molar-refractivity contribution >= 4 is 17.8 Å². The molecule has 0 heterocycles. The van der Waals surface area contributed by atoms with Crippen molar-refractivity contribution in [2.45, 2.75) is 33.2 Å². The summed E-state index contributed by atoms with van der Waals surface area (Å²) in [5, 5.41) is 0. The highest BCUT2D eigenvalue weighted by Crippen LogP contribution is 2.15. The van der Waals surface area contributed by atoms with Gasteiger partial charge in [0, 0.05) is 11.6 Å². The Morgan fingerprint density at radius 1 is 1.15 bits per heavy atom. The van der Waals surface area contributed by atoms with Gasteiger partial charge in [-0.2, -0.15) is 0 Å². The highest BCUT2D eigenvalue weighted by molar-refractivity contribution is 6.06. The lowest BCUT2D eigenvalue weighted by molar-refractivity contribution is -0.144. The number of rotatable bonds is 5. The maximum atomic E-state index is 12.1. The van der Waals surface area contributed by atoms with E-state index in [1.54, 1.807) is 27.7 Å². The molecule has 0 aliphatic heterocycles. The van der Waals surface area contributed by atoms with E-state index in [9.17, 15) is 14.4 Å². The summed E-state index contributed by atoms with van der Waals surface area (Å²) in [5.41, 5.74) is -0.655. The molecule has 0 aromatic rings. The van der Waals surface area contributed by atoms with Crippen LogP contribution in [0.1, 0.15) is 27.7 Å². The first-order chi connectivity index (χ1) is 9.15. The average molecular weight is 279 g/mol. The normalized spacial score (nSPS) is 11.0. The Morgan fingerprint density at radius 2 is 1.70 bits per heavy atom. The van der Waals surface area contributed by atoms with Gasteiger partial charge in [-0.1, -0.05) is 13.2 Å². The van der Waals surface area contributed by atoms with Crippen molar-refractivity contribution in [1.29, 1.82) is 0 Å². The number of nitrogens with zero attached hydrogens (tertiary/aromatic N) is 1. The molecule has 110 valence electrons. The third-order valence-electron chi connectivity index (χ3n) is 2.25. The number of hydrogen-bond donors (Lipinski definition) is 0. The van der Waals surface area contributed by atoms with E-state index in [1.165, 1.54) is 6.08 Å². The lowest BCUT2D eigenvalue weighted by Crippen LogP contribution is -2.48. The molecule has 0 bridgehead atoms. The number of carbonyl (C=O) groups is 3. The fraction of sp³-hybridized carbons (Fsp3) is 0.400. The van der Waals surface area contributed by atoms with Gasteiger partial charge in [-0.3, -0.25) is 14.5 Å². The third-order valence-corrected chi connectivity index (χ3v) is 2.25. The van der Waals surface area contributed by atoms with Gasteiger partial charge in [-0.15, -0.1) is 0 Å². The van der Waals surface area contributed by atoms with Crippen LogP contribution in [0.5, 0.6) is 0 Å². The molecule has 0 saturated heterocycles. The Kier molecular flexibility index (Phi) is 6.62. The number of carbonyl (C=O) groups excluding carboxylic acids is 3. The van der Waals surface area contributed by atoms with Crippen LogP contribution in [0.4, 0.5) is 0 Å². The molecule has 5 heteroatoms. The Hall–Kier alpha value is -2.17. The molecule has 5 nitrogen and oxygen atoms in total. The van der Waals surface area contributed by atoms with E-state index in [-0.39, 0.29) is 12.2 Å². The first kappa shape index (κ1) is 17.8. The van der Waals surface area contributed by atoms with Crippen LogP contribution in [-0.2, 0) is 19.1 Å². The predicted octanol–water partition coefficient (Wildman–Crippen LogP) is 2.00. The first-order valence-corrected chi connectivity index (χ1v) is 6.19. The van der Waals surface area contributed by atoms with Crippen LogP contribution < -0.4 is 0 Å². The minimum absolute atomic E-state index is 0.0418. The van der Waals surface area contributed by atoms with Gasteiger partial charge in [0.05, 0.1) is 12.2 Å². The highest BCUT2D eigenvalue weighted by atomic mass is 16.5. The van der Waals surface area contributed by atoms with Crippen molar-refractivity contribution in [3.05, 3.63) is 37.0 Å². The molecule has 0 rings (SSSR count). The second-order valence-corrected chi connectivity index (χ2v) is 4.97. The molecule has 20 heavy (non-hydrogen) atoms. The fourth-order valence-corrected chi connectivity index (χ4v) is 1.40. The topological polar surface area (TPSA) is 63.7 Å². The summed E-state index contributed by atoms with van der Waals surface area (Å²) in [5.74, 6) is -1.66. The van der Waals surface area contributed by atoms with Crippen molar-refractivity contribution in [2.24, 2.45) is 0 Å². The summed E-state index contributed by atoms with van der Waals surface area (Å²) in [4.78, 5) is 36.2.